The van der Waals surface area contributed by atoms with Gasteiger partial charge in [-0.2, -0.15) is 0 Å². The molecule has 0 aliphatic carbocycles. The zero-order valence-electron chi connectivity index (χ0n) is 12.8. The number of benzene rings is 1. The average Bonchev–Trinajstić information content (AvgIpc) is 2.90. The van der Waals surface area contributed by atoms with Crippen LogP contribution >= 0.6 is 0 Å². The van der Waals surface area contributed by atoms with E-state index in [0.717, 1.165) is 12.0 Å². The lowest BCUT2D eigenvalue weighted by Crippen LogP contribution is -2.39. The van der Waals surface area contributed by atoms with Gasteiger partial charge in [0.25, 0.3) is 0 Å². The number of likely N-dealkylation sites (tertiary alicyclic amines) is 1. The van der Waals surface area contributed by atoms with Crippen molar-refractivity contribution in [1.29, 1.82) is 0 Å². The van der Waals surface area contributed by atoms with Crippen molar-refractivity contribution in [2.75, 3.05) is 26.2 Å². The molecule has 1 N–H and O–H groups in total. The number of aryl methyl sites for hydroxylation is 1. The van der Waals surface area contributed by atoms with E-state index in [1.807, 2.05) is 0 Å². The molecule has 2 nitrogen and oxygen atoms in total. The van der Waals surface area contributed by atoms with Crippen LogP contribution < -0.4 is 5.32 Å². The predicted octanol–water partition coefficient (Wildman–Crippen LogP) is 3.00. The maximum Gasteiger partial charge on any atom is 0.0136 e. The Bertz CT molecular complexity index is 423. The molecule has 0 radical (unpaired) electrons. The fourth-order valence-corrected chi connectivity index (χ4v) is 3.86. The Kier molecular flexibility index (Phi) is 4.74. The van der Waals surface area contributed by atoms with Gasteiger partial charge in [-0.05, 0) is 75.7 Å². The molecule has 0 spiro atoms. The second-order valence-corrected chi connectivity index (χ2v) is 6.61. The van der Waals surface area contributed by atoms with Crippen molar-refractivity contribution in [3.63, 3.8) is 0 Å². The van der Waals surface area contributed by atoms with Gasteiger partial charge >= 0.3 is 0 Å². The Balaban J connectivity index is 1.59. The van der Waals surface area contributed by atoms with Crippen molar-refractivity contribution >= 4 is 0 Å². The third-order valence-corrected chi connectivity index (χ3v) is 5.17. The van der Waals surface area contributed by atoms with E-state index in [9.17, 15) is 0 Å². The first-order chi connectivity index (χ1) is 9.83. The number of rotatable bonds is 4. The molecule has 2 aliphatic rings. The summed E-state index contributed by atoms with van der Waals surface area (Å²) in [5.74, 6) is 0.925. The van der Waals surface area contributed by atoms with Crippen LogP contribution in [0.1, 0.15) is 36.8 Å². The third-order valence-electron chi connectivity index (χ3n) is 5.17. The summed E-state index contributed by atoms with van der Waals surface area (Å²) in [6.07, 6.45) is 6.76. The largest absolute Gasteiger partial charge is 0.317 e. The molecule has 1 atom stereocenters. The number of hydrogen-bond donors (Lipinski definition) is 1. The van der Waals surface area contributed by atoms with Gasteiger partial charge in [0.2, 0.25) is 0 Å². The van der Waals surface area contributed by atoms with E-state index in [1.165, 1.54) is 63.8 Å². The lowest BCUT2D eigenvalue weighted by atomic mass is 9.95. The SMILES string of the molecule is Cc1ccccc1CC1CCCN1CC1CCNCC1. The van der Waals surface area contributed by atoms with Crippen molar-refractivity contribution in [3.05, 3.63) is 35.4 Å². The maximum atomic E-state index is 3.48. The average molecular weight is 272 g/mol. The van der Waals surface area contributed by atoms with E-state index in [0.29, 0.717) is 0 Å². The number of nitrogens with zero attached hydrogens (tertiary/aromatic N) is 1. The lowest BCUT2D eigenvalue weighted by Gasteiger charge is -2.31. The van der Waals surface area contributed by atoms with Crippen molar-refractivity contribution in [3.8, 4) is 0 Å². The second kappa shape index (κ2) is 6.73. The summed E-state index contributed by atoms with van der Waals surface area (Å²) in [6.45, 7) is 7.35. The van der Waals surface area contributed by atoms with Crippen molar-refractivity contribution < 1.29 is 0 Å². The van der Waals surface area contributed by atoms with Crippen LogP contribution in [0.15, 0.2) is 24.3 Å². The standard InChI is InChI=1S/C18H28N2/c1-15-5-2-3-6-17(15)13-18-7-4-12-20(18)14-16-8-10-19-11-9-16/h2-3,5-6,16,18-19H,4,7-14H2,1H3. The van der Waals surface area contributed by atoms with Crippen LogP contribution in [-0.2, 0) is 6.42 Å². The number of piperidine rings is 1. The topological polar surface area (TPSA) is 15.3 Å². The Morgan fingerprint density at radius 1 is 1.15 bits per heavy atom. The summed E-state index contributed by atoms with van der Waals surface area (Å²) >= 11 is 0. The quantitative estimate of drug-likeness (QED) is 0.906. The molecule has 20 heavy (non-hydrogen) atoms. The van der Waals surface area contributed by atoms with Gasteiger partial charge < -0.3 is 5.32 Å². The van der Waals surface area contributed by atoms with E-state index in [-0.39, 0.29) is 0 Å². The van der Waals surface area contributed by atoms with Crippen LogP contribution in [0.3, 0.4) is 0 Å². The molecule has 0 bridgehead atoms. The molecular formula is C18H28N2. The first-order valence-corrected chi connectivity index (χ1v) is 8.32. The fourth-order valence-electron chi connectivity index (χ4n) is 3.86. The van der Waals surface area contributed by atoms with Gasteiger partial charge in [-0.15, -0.1) is 0 Å². The molecule has 0 aromatic heterocycles. The lowest BCUT2D eigenvalue weighted by molar-refractivity contribution is 0.191. The summed E-state index contributed by atoms with van der Waals surface area (Å²) in [5.41, 5.74) is 3.01. The molecule has 1 unspecified atom stereocenters. The minimum atomic E-state index is 0.783. The van der Waals surface area contributed by atoms with Gasteiger partial charge in [0.1, 0.15) is 0 Å². The minimum Gasteiger partial charge on any atom is -0.317 e. The van der Waals surface area contributed by atoms with Gasteiger partial charge in [0.05, 0.1) is 0 Å². The molecular weight excluding hydrogens is 244 g/mol. The highest BCUT2D eigenvalue weighted by Crippen LogP contribution is 2.25. The van der Waals surface area contributed by atoms with E-state index < -0.39 is 0 Å². The van der Waals surface area contributed by atoms with Gasteiger partial charge in [-0.1, -0.05) is 24.3 Å². The Morgan fingerprint density at radius 2 is 1.95 bits per heavy atom. The molecule has 2 aliphatic heterocycles. The summed E-state index contributed by atoms with van der Waals surface area (Å²) in [4.78, 5) is 2.78. The number of nitrogens with one attached hydrogen (secondary N) is 1. The van der Waals surface area contributed by atoms with Gasteiger partial charge in [-0.25, -0.2) is 0 Å². The molecule has 0 saturated carbocycles. The highest BCUT2D eigenvalue weighted by Gasteiger charge is 2.27. The van der Waals surface area contributed by atoms with Crippen LogP contribution in [0.25, 0.3) is 0 Å². The molecule has 2 saturated heterocycles. The maximum absolute atomic E-state index is 3.48. The van der Waals surface area contributed by atoms with Gasteiger partial charge in [0.15, 0.2) is 0 Å². The van der Waals surface area contributed by atoms with Crippen LogP contribution in [-0.4, -0.2) is 37.1 Å². The van der Waals surface area contributed by atoms with E-state index >= 15 is 0 Å². The number of hydrogen-bond acceptors (Lipinski definition) is 2. The summed E-state index contributed by atoms with van der Waals surface area (Å²) in [6, 6.07) is 9.69. The van der Waals surface area contributed by atoms with E-state index in [1.54, 1.807) is 5.56 Å². The Hall–Kier alpha value is -0.860. The molecule has 1 aromatic rings. The molecule has 0 amide bonds. The second-order valence-electron chi connectivity index (χ2n) is 6.61. The molecule has 2 fully saturated rings. The fraction of sp³-hybridized carbons (Fsp3) is 0.667. The Morgan fingerprint density at radius 3 is 2.75 bits per heavy atom. The summed E-state index contributed by atoms with van der Waals surface area (Å²) in [7, 11) is 0. The first-order valence-electron chi connectivity index (χ1n) is 8.32. The molecule has 2 heterocycles. The van der Waals surface area contributed by atoms with Gasteiger partial charge in [-0.3, -0.25) is 4.90 Å². The smallest absolute Gasteiger partial charge is 0.0136 e. The van der Waals surface area contributed by atoms with Crippen molar-refractivity contribution in [2.24, 2.45) is 5.92 Å². The Labute approximate surface area is 123 Å². The minimum absolute atomic E-state index is 0.783. The zero-order valence-corrected chi connectivity index (χ0v) is 12.8. The van der Waals surface area contributed by atoms with Crippen LogP contribution in [0.5, 0.6) is 0 Å². The van der Waals surface area contributed by atoms with E-state index in [2.05, 4.69) is 41.4 Å². The third kappa shape index (κ3) is 3.42. The summed E-state index contributed by atoms with van der Waals surface area (Å²) < 4.78 is 0. The molecule has 1 aromatic carbocycles. The first kappa shape index (κ1) is 14.1. The van der Waals surface area contributed by atoms with Crippen LogP contribution in [0.4, 0.5) is 0 Å². The van der Waals surface area contributed by atoms with E-state index in [4.69, 9.17) is 0 Å². The highest BCUT2D eigenvalue weighted by molar-refractivity contribution is 5.26. The van der Waals surface area contributed by atoms with Gasteiger partial charge in [0, 0.05) is 12.6 Å². The molecule has 3 rings (SSSR count). The zero-order chi connectivity index (χ0) is 13.8. The normalized spacial score (nSPS) is 25.1. The van der Waals surface area contributed by atoms with Crippen molar-refractivity contribution in [1.82, 2.24) is 10.2 Å². The summed E-state index contributed by atoms with van der Waals surface area (Å²) in [5, 5.41) is 3.48. The monoisotopic (exact) mass is 272 g/mol. The van der Waals surface area contributed by atoms with Crippen LogP contribution in [0, 0.1) is 12.8 Å². The van der Waals surface area contributed by atoms with Crippen LogP contribution in [0.2, 0.25) is 0 Å². The molecule has 2 heteroatoms. The van der Waals surface area contributed by atoms with Crippen molar-refractivity contribution in [2.45, 2.75) is 45.1 Å². The highest BCUT2D eigenvalue weighted by atomic mass is 15.2. The predicted molar refractivity (Wildman–Crippen MR) is 85.1 cm³/mol. The molecule has 110 valence electrons.